The van der Waals surface area contributed by atoms with Crippen LogP contribution in [0.3, 0.4) is 0 Å². The van der Waals surface area contributed by atoms with Gasteiger partial charge in [-0.1, -0.05) is 67.1 Å². The number of hydrogen-bond acceptors (Lipinski definition) is 2. The molecule has 5 heteroatoms. The molecule has 1 heterocycles. The zero-order valence-corrected chi connectivity index (χ0v) is 16.9. The molecule has 2 atom stereocenters. The van der Waals surface area contributed by atoms with Crippen LogP contribution < -0.4 is 4.90 Å². The average Bonchev–Trinajstić information content (AvgIpc) is 3.02. The summed E-state index contributed by atoms with van der Waals surface area (Å²) in [6.07, 6.45) is 0. The number of amides is 2. The van der Waals surface area contributed by atoms with E-state index in [2.05, 4.69) is 31.2 Å². The Balaban J connectivity index is 1.60. The lowest BCUT2D eigenvalue weighted by molar-refractivity contribution is -0.123. The van der Waals surface area contributed by atoms with Crippen LogP contribution in [0.25, 0.3) is 0 Å². The molecule has 2 amide bonds. The largest absolute Gasteiger partial charge is 0.274 e. The van der Waals surface area contributed by atoms with Gasteiger partial charge in [0.2, 0.25) is 11.8 Å². The first-order valence-electron chi connectivity index (χ1n) is 9.96. The van der Waals surface area contributed by atoms with Crippen LogP contribution in [0.5, 0.6) is 0 Å². The number of carbonyl (C=O) groups is 2. The third-order valence-electron chi connectivity index (χ3n) is 7.20. The number of benzene rings is 3. The summed E-state index contributed by atoms with van der Waals surface area (Å²) >= 11 is 5.82. The van der Waals surface area contributed by atoms with Gasteiger partial charge in [0.25, 0.3) is 0 Å². The van der Waals surface area contributed by atoms with E-state index in [0.717, 1.165) is 27.2 Å². The smallest absolute Gasteiger partial charge is 0.238 e. The number of anilines is 1. The highest BCUT2D eigenvalue weighted by Gasteiger charge is 2.66. The van der Waals surface area contributed by atoms with Gasteiger partial charge in [0.05, 0.1) is 22.5 Å². The average molecular weight is 418 g/mol. The minimum absolute atomic E-state index is 0.0397. The van der Waals surface area contributed by atoms with Crippen LogP contribution in [0.4, 0.5) is 10.1 Å². The molecule has 3 aromatic carbocycles. The molecular formula is C25H17ClFNO2. The van der Waals surface area contributed by atoms with Crippen LogP contribution in [0.2, 0.25) is 5.02 Å². The maximum Gasteiger partial charge on any atom is 0.238 e. The molecule has 3 aromatic rings. The first kappa shape index (κ1) is 17.8. The third kappa shape index (κ3) is 1.95. The highest BCUT2D eigenvalue weighted by molar-refractivity contribution is 6.31. The molecule has 7 rings (SSSR count). The van der Waals surface area contributed by atoms with Gasteiger partial charge in [-0.05, 0) is 40.5 Å². The van der Waals surface area contributed by atoms with Crippen molar-refractivity contribution in [3.63, 3.8) is 0 Å². The van der Waals surface area contributed by atoms with E-state index in [1.807, 2.05) is 24.3 Å². The van der Waals surface area contributed by atoms with E-state index >= 15 is 0 Å². The van der Waals surface area contributed by atoms with Crippen LogP contribution in [0.1, 0.15) is 35.1 Å². The van der Waals surface area contributed by atoms with Crippen LogP contribution >= 0.6 is 11.6 Å². The molecule has 30 heavy (non-hydrogen) atoms. The highest BCUT2D eigenvalue weighted by atomic mass is 35.5. The standard InChI is InChI=1S/C25H17ClFNO2/c1-25-16-8-4-2-6-14(16)20(15-7-3-5-9-17(15)25)21-22(25)24(30)28(23(21)29)13-10-11-18(26)19(27)12-13/h2-12,20-22H,1H3/t20?,21-,22+,25?/m0/s1. The van der Waals surface area contributed by atoms with Crippen molar-refractivity contribution in [2.75, 3.05) is 4.90 Å². The van der Waals surface area contributed by atoms with Crippen molar-refractivity contribution in [3.8, 4) is 0 Å². The molecule has 0 saturated carbocycles. The Morgan fingerprint density at radius 1 is 0.900 bits per heavy atom. The summed E-state index contributed by atoms with van der Waals surface area (Å²) in [5, 5.41) is -0.0397. The van der Waals surface area contributed by atoms with Gasteiger partial charge in [-0.15, -0.1) is 0 Å². The fourth-order valence-corrected chi connectivity index (χ4v) is 6.15. The Hall–Kier alpha value is -2.98. The number of imide groups is 1. The van der Waals surface area contributed by atoms with Crippen LogP contribution in [-0.4, -0.2) is 11.8 Å². The maximum atomic E-state index is 14.1. The molecule has 1 fully saturated rings. The number of hydrogen-bond donors (Lipinski definition) is 0. The molecule has 0 radical (unpaired) electrons. The van der Waals surface area contributed by atoms with E-state index in [4.69, 9.17) is 11.6 Å². The maximum absolute atomic E-state index is 14.1. The summed E-state index contributed by atoms with van der Waals surface area (Å²) in [6.45, 7) is 2.06. The fraction of sp³-hybridized carbons (Fsp3) is 0.200. The summed E-state index contributed by atoms with van der Waals surface area (Å²) in [7, 11) is 0. The van der Waals surface area contributed by atoms with Gasteiger partial charge < -0.3 is 0 Å². The second-order valence-corrected chi connectivity index (χ2v) is 8.88. The monoisotopic (exact) mass is 417 g/mol. The van der Waals surface area contributed by atoms with E-state index in [1.54, 1.807) is 0 Å². The lowest BCUT2D eigenvalue weighted by Crippen LogP contribution is -2.51. The molecule has 1 aliphatic heterocycles. The Labute approximate surface area is 178 Å². The molecule has 4 aliphatic rings. The summed E-state index contributed by atoms with van der Waals surface area (Å²) in [4.78, 5) is 28.5. The van der Waals surface area contributed by atoms with Gasteiger partial charge in [-0.3, -0.25) is 9.59 Å². The van der Waals surface area contributed by atoms with Crippen LogP contribution in [0.15, 0.2) is 66.7 Å². The van der Waals surface area contributed by atoms with E-state index in [-0.39, 0.29) is 28.4 Å². The van der Waals surface area contributed by atoms with Gasteiger partial charge >= 0.3 is 0 Å². The predicted molar refractivity (Wildman–Crippen MR) is 112 cm³/mol. The summed E-state index contributed by atoms with van der Waals surface area (Å²) in [5.74, 6) is -2.42. The van der Waals surface area contributed by atoms with E-state index < -0.39 is 23.1 Å². The highest BCUT2D eigenvalue weighted by Crippen LogP contribution is 2.64. The minimum Gasteiger partial charge on any atom is -0.274 e. The molecule has 0 spiro atoms. The molecular weight excluding hydrogens is 401 g/mol. The van der Waals surface area contributed by atoms with Crippen molar-refractivity contribution in [3.05, 3.63) is 99.8 Å². The van der Waals surface area contributed by atoms with Gasteiger partial charge in [-0.2, -0.15) is 0 Å². The summed E-state index contributed by atoms with van der Waals surface area (Å²) in [6, 6.07) is 20.3. The van der Waals surface area contributed by atoms with Crippen LogP contribution in [0, 0.1) is 17.7 Å². The molecule has 148 valence electrons. The first-order valence-corrected chi connectivity index (χ1v) is 10.3. The van der Waals surface area contributed by atoms with Crippen molar-refractivity contribution in [2.24, 2.45) is 11.8 Å². The van der Waals surface area contributed by atoms with Gasteiger partial charge in [-0.25, -0.2) is 9.29 Å². The van der Waals surface area contributed by atoms with Gasteiger partial charge in [0, 0.05) is 11.3 Å². The molecule has 0 aromatic heterocycles. The van der Waals surface area contributed by atoms with Gasteiger partial charge in [0.1, 0.15) is 5.82 Å². The Bertz CT molecular complexity index is 1220. The summed E-state index contributed by atoms with van der Waals surface area (Å²) in [5.41, 5.74) is 4.01. The molecule has 0 N–H and O–H groups in total. The molecule has 2 bridgehead atoms. The fourth-order valence-electron chi connectivity index (χ4n) is 6.03. The Morgan fingerprint density at radius 2 is 1.50 bits per heavy atom. The lowest BCUT2D eigenvalue weighted by atomic mass is 9.48. The second kappa shape index (κ2) is 5.79. The number of rotatable bonds is 1. The molecule has 3 aliphatic carbocycles. The van der Waals surface area contributed by atoms with Crippen molar-refractivity contribution < 1.29 is 14.0 Å². The van der Waals surface area contributed by atoms with Gasteiger partial charge in [0.15, 0.2) is 0 Å². The van der Waals surface area contributed by atoms with E-state index in [9.17, 15) is 14.0 Å². The van der Waals surface area contributed by atoms with Crippen molar-refractivity contribution in [1.82, 2.24) is 0 Å². The number of carbonyl (C=O) groups excluding carboxylic acids is 2. The quantitative estimate of drug-likeness (QED) is 0.519. The zero-order chi connectivity index (χ0) is 20.8. The Kier molecular flexibility index (Phi) is 3.45. The van der Waals surface area contributed by atoms with Crippen molar-refractivity contribution >= 4 is 29.1 Å². The second-order valence-electron chi connectivity index (χ2n) is 8.47. The molecule has 1 saturated heterocycles. The van der Waals surface area contributed by atoms with Crippen molar-refractivity contribution in [1.29, 1.82) is 0 Å². The normalized spacial score (nSPS) is 28.4. The minimum atomic E-state index is -0.648. The first-order chi connectivity index (χ1) is 14.4. The van der Waals surface area contributed by atoms with E-state index in [0.29, 0.717) is 0 Å². The number of halogens is 2. The zero-order valence-electron chi connectivity index (χ0n) is 16.1. The predicted octanol–water partition coefficient (Wildman–Crippen LogP) is 5.05. The Morgan fingerprint density at radius 3 is 2.10 bits per heavy atom. The lowest BCUT2D eigenvalue weighted by Gasteiger charge is -2.52. The molecule has 0 unspecified atom stereocenters. The summed E-state index contributed by atoms with van der Waals surface area (Å²) < 4.78 is 14.1. The van der Waals surface area contributed by atoms with Crippen molar-refractivity contribution in [2.45, 2.75) is 18.3 Å². The van der Waals surface area contributed by atoms with Crippen LogP contribution in [-0.2, 0) is 15.0 Å². The van der Waals surface area contributed by atoms with E-state index in [1.165, 1.54) is 18.2 Å². The topological polar surface area (TPSA) is 37.4 Å². The SMILES string of the molecule is CC12c3ccccc3C(c3ccccc31)[C@@H]1C(=O)N(c3ccc(Cl)c(F)c3)C(=O)[C@@H]12. The number of nitrogens with zero attached hydrogens (tertiary/aromatic N) is 1. The molecule has 3 nitrogen and oxygen atoms in total. The third-order valence-corrected chi connectivity index (χ3v) is 7.51.